The predicted octanol–water partition coefficient (Wildman–Crippen LogP) is 2.46. The summed E-state index contributed by atoms with van der Waals surface area (Å²) in [6, 6.07) is 0. The van der Waals surface area contributed by atoms with Crippen LogP contribution in [0, 0.1) is 0 Å². The number of ether oxygens (including phenoxy) is 1. The second-order valence-corrected chi connectivity index (χ2v) is 2.59. The summed E-state index contributed by atoms with van der Waals surface area (Å²) < 4.78 is 5.05. The monoisotopic (exact) mass is 168 g/mol. The maximum Gasteiger partial charge on any atom is 0.303 e. The summed E-state index contributed by atoms with van der Waals surface area (Å²) in [6.45, 7) is 7.18. The van der Waals surface area contributed by atoms with E-state index in [-0.39, 0.29) is 12.1 Å². The molecule has 0 saturated heterocycles. The van der Waals surface area contributed by atoms with E-state index in [1.807, 2.05) is 39.0 Å². The molecule has 0 aliphatic heterocycles. The standard InChI is InChI=1S/C10H16O2/c1-5-7-10(8(3)6-2)12-9(4)11/h5-7,10H,1-4H3. The van der Waals surface area contributed by atoms with E-state index in [9.17, 15) is 4.79 Å². The van der Waals surface area contributed by atoms with Crippen LogP contribution in [-0.4, -0.2) is 12.1 Å². The summed E-state index contributed by atoms with van der Waals surface area (Å²) in [4.78, 5) is 10.7. The third-order valence-electron chi connectivity index (χ3n) is 1.56. The van der Waals surface area contributed by atoms with Crippen molar-refractivity contribution in [3.05, 3.63) is 23.8 Å². The maximum atomic E-state index is 10.7. The molecule has 0 spiro atoms. The number of carbonyl (C=O) groups is 1. The van der Waals surface area contributed by atoms with E-state index in [0.29, 0.717) is 0 Å². The third kappa shape index (κ3) is 3.96. The minimum absolute atomic E-state index is 0.197. The first-order valence-electron chi connectivity index (χ1n) is 4.04. The molecule has 0 N–H and O–H groups in total. The molecule has 0 amide bonds. The molecule has 0 aromatic rings. The van der Waals surface area contributed by atoms with E-state index < -0.39 is 0 Å². The molecule has 12 heavy (non-hydrogen) atoms. The van der Waals surface area contributed by atoms with Crippen LogP contribution < -0.4 is 0 Å². The zero-order valence-electron chi connectivity index (χ0n) is 8.13. The van der Waals surface area contributed by atoms with Gasteiger partial charge in [0.25, 0.3) is 0 Å². The summed E-state index contributed by atoms with van der Waals surface area (Å²) in [5.74, 6) is -0.251. The van der Waals surface area contributed by atoms with E-state index in [1.54, 1.807) is 0 Å². The lowest BCUT2D eigenvalue weighted by molar-refractivity contribution is -0.142. The Bertz CT molecular complexity index is 202. The van der Waals surface area contributed by atoms with Crippen LogP contribution in [0.1, 0.15) is 27.7 Å². The molecule has 0 fully saturated rings. The van der Waals surface area contributed by atoms with Gasteiger partial charge in [-0.1, -0.05) is 12.2 Å². The SMILES string of the molecule is CC=CC(OC(C)=O)C(C)=CC. The fourth-order valence-electron chi connectivity index (χ4n) is 0.802. The van der Waals surface area contributed by atoms with E-state index >= 15 is 0 Å². The van der Waals surface area contributed by atoms with Crippen LogP contribution in [0.3, 0.4) is 0 Å². The Labute approximate surface area is 73.9 Å². The Morgan fingerprint density at radius 2 is 1.92 bits per heavy atom. The summed E-state index contributed by atoms with van der Waals surface area (Å²) in [7, 11) is 0. The quantitative estimate of drug-likeness (QED) is 0.478. The lowest BCUT2D eigenvalue weighted by Gasteiger charge is -2.12. The molecule has 0 bridgehead atoms. The van der Waals surface area contributed by atoms with Gasteiger partial charge in [-0.25, -0.2) is 0 Å². The Morgan fingerprint density at radius 3 is 2.25 bits per heavy atom. The first kappa shape index (κ1) is 11.0. The Morgan fingerprint density at radius 1 is 1.33 bits per heavy atom. The van der Waals surface area contributed by atoms with Crippen molar-refractivity contribution < 1.29 is 9.53 Å². The fourth-order valence-corrected chi connectivity index (χ4v) is 0.802. The highest BCUT2D eigenvalue weighted by atomic mass is 16.5. The summed E-state index contributed by atoms with van der Waals surface area (Å²) in [5.41, 5.74) is 1.04. The molecule has 0 aromatic heterocycles. The van der Waals surface area contributed by atoms with Crippen molar-refractivity contribution >= 4 is 5.97 Å². The molecule has 0 heterocycles. The van der Waals surface area contributed by atoms with Crippen LogP contribution in [0.4, 0.5) is 0 Å². The molecule has 0 aromatic carbocycles. The number of hydrogen-bond donors (Lipinski definition) is 0. The molecule has 1 unspecified atom stereocenters. The molecule has 0 radical (unpaired) electrons. The highest BCUT2D eigenvalue weighted by Gasteiger charge is 2.08. The lowest BCUT2D eigenvalue weighted by Crippen LogP contribution is -2.14. The topological polar surface area (TPSA) is 26.3 Å². The first-order valence-corrected chi connectivity index (χ1v) is 4.04. The van der Waals surface area contributed by atoms with Crippen molar-refractivity contribution in [1.29, 1.82) is 0 Å². The maximum absolute atomic E-state index is 10.7. The molecule has 0 aliphatic carbocycles. The molecule has 1 atom stereocenters. The van der Waals surface area contributed by atoms with Gasteiger partial charge in [0.2, 0.25) is 0 Å². The third-order valence-corrected chi connectivity index (χ3v) is 1.56. The highest BCUT2D eigenvalue weighted by molar-refractivity contribution is 5.66. The van der Waals surface area contributed by atoms with Crippen molar-refractivity contribution in [1.82, 2.24) is 0 Å². The van der Waals surface area contributed by atoms with Crippen LogP contribution >= 0.6 is 0 Å². The second-order valence-electron chi connectivity index (χ2n) is 2.59. The van der Waals surface area contributed by atoms with Gasteiger partial charge in [0, 0.05) is 6.92 Å². The zero-order chi connectivity index (χ0) is 9.56. The Kier molecular flexibility index (Phi) is 5.09. The van der Waals surface area contributed by atoms with Crippen LogP contribution in [-0.2, 0) is 9.53 Å². The van der Waals surface area contributed by atoms with Crippen molar-refractivity contribution in [3.8, 4) is 0 Å². The van der Waals surface area contributed by atoms with E-state index in [2.05, 4.69) is 0 Å². The van der Waals surface area contributed by atoms with Gasteiger partial charge in [-0.05, 0) is 32.4 Å². The molecule has 68 valence electrons. The number of esters is 1. The summed E-state index contributed by atoms with van der Waals surface area (Å²) >= 11 is 0. The molecule has 2 nitrogen and oxygen atoms in total. The highest BCUT2D eigenvalue weighted by Crippen LogP contribution is 2.07. The van der Waals surface area contributed by atoms with Gasteiger partial charge in [0.05, 0.1) is 0 Å². The molecule has 0 saturated carbocycles. The minimum atomic E-state index is -0.251. The first-order chi connectivity index (χ1) is 5.61. The van der Waals surface area contributed by atoms with Gasteiger partial charge >= 0.3 is 5.97 Å². The summed E-state index contributed by atoms with van der Waals surface area (Å²) in [5, 5.41) is 0. The molecule has 0 rings (SSSR count). The van der Waals surface area contributed by atoms with E-state index in [0.717, 1.165) is 5.57 Å². The number of carbonyl (C=O) groups excluding carboxylic acids is 1. The van der Waals surface area contributed by atoms with Crippen molar-refractivity contribution in [2.75, 3.05) is 0 Å². The van der Waals surface area contributed by atoms with E-state index in [1.165, 1.54) is 6.92 Å². The van der Waals surface area contributed by atoms with Crippen molar-refractivity contribution in [2.45, 2.75) is 33.8 Å². The van der Waals surface area contributed by atoms with E-state index in [4.69, 9.17) is 4.74 Å². The second kappa shape index (κ2) is 5.58. The van der Waals surface area contributed by atoms with Gasteiger partial charge in [-0.15, -0.1) is 0 Å². The van der Waals surface area contributed by atoms with Crippen LogP contribution in [0.15, 0.2) is 23.8 Å². The number of allylic oxidation sites excluding steroid dienone is 2. The predicted molar refractivity (Wildman–Crippen MR) is 49.8 cm³/mol. The largest absolute Gasteiger partial charge is 0.454 e. The minimum Gasteiger partial charge on any atom is -0.454 e. The van der Waals surface area contributed by atoms with Gasteiger partial charge in [-0.2, -0.15) is 0 Å². The van der Waals surface area contributed by atoms with Crippen LogP contribution in [0.2, 0.25) is 0 Å². The van der Waals surface area contributed by atoms with Gasteiger partial charge in [-0.3, -0.25) is 4.79 Å². The van der Waals surface area contributed by atoms with Crippen LogP contribution in [0.5, 0.6) is 0 Å². The van der Waals surface area contributed by atoms with Crippen LogP contribution in [0.25, 0.3) is 0 Å². The Balaban J connectivity index is 4.33. The zero-order valence-corrected chi connectivity index (χ0v) is 8.13. The molecular weight excluding hydrogens is 152 g/mol. The molecule has 0 aliphatic rings. The Hall–Kier alpha value is -1.05. The van der Waals surface area contributed by atoms with Gasteiger partial charge < -0.3 is 4.74 Å². The molecule has 2 heteroatoms. The summed E-state index contributed by atoms with van der Waals surface area (Å²) in [6.07, 6.45) is 5.47. The number of rotatable bonds is 3. The lowest BCUT2D eigenvalue weighted by atomic mass is 10.1. The van der Waals surface area contributed by atoms with Gasteiger partial charge in [0.15, 0.2) is 0 Å². The smallest absolute Gasteiger partial charge is 0.303 e. The average molecular weight is 168 g/mol. The van der Waals surface area contributed by atoms with Gasteiger partial charge in [0.1, 0.15) is 6.10 Å². The number of hydrogen-bond acceptors (Lipinski definition) is 2. The average Bonchev–Trinajstić information content (AvgIpc) is 2.01. The normalized spacial score (nSPS) is 14.8. The van der Waals surface area contributed by atoms with Crippen molar-refractivity contribution in [2.24, 2.45) is 0 Å². The van der Waals surface area contributed by atoms with Crippen molar-refractivity contribution in [3.63, 3.8) is 0 Å². The fraction of sp³-hybridized carbons (Fsp3) is 0.500. The molecular formula is C10H16O2.